The molecule has 0 amide bonds. The molecular formula is C45H86O6. The fourth-order valence-electron chi connectivity index (χ4n) is 6.51. The maximum Gasteiger partial charge on any atom is 0.306 e. The van der Waals surface area contributed by atoms with Crippen molar-refractivity contribution in [3.8, 4) is 0 Å². The fourth-order valence-corrected chi connectivity index (χ4v) is 6.51. The van der Waals surface area contributed by atoms with Crippen molar-refractivity contribution in [3.63, 3.8) is 0 Å². The highest BCUT2D eigenvalue weighted by atomic mass is 16.6. The second kappa shape index (κ2) is 38.1. The third-order valence-corrected chi connectivity index (χ3v) is 10.7. The Morgan fingerprint density at radius 2 is 0.686 bits per heavy atom. The Balaban J connectivity index is 4.11. The van der Waals surface area contributed by atoms with Gasteiger partial charge >= 0.3 is 17.9 Å². The summed E-state index contributed by atoms with van der Waals surface area (Å²) >= 11 is 0. The van der Waals surface area contributed by atoms with Crippen LogP contribution in [0.2, 0.25) is 0 Å². The highest BCUT2D eigenvalue weighted by molar-refractivity contribution is 5.71. The van der Waals surface area contributed by atoms with Crippen LogP contribution in [0.15, 0.2) is 0 Å². The van der Waals surface area contributed by atoms with E-state index >= 15 is 0 Å². The van der Waals surface area contributed by atoms with E-state index in [4.69, 9.17) is 14.2 Å². The van der Waals surface area contributed by atoms with E-state index < -0.39 is 6.10 Å². The van der Waals surface area contributed by atoms with Crippen LogP contribution in [-0.4, -0.2) is 37.2 Å². The number of esters is 3. The fraction of sp³-hybridized carbons (Fsp3) is 0.933. The standard InChI is InChI=1S/C45H86O6/c1-6-9-10-23-32-37-45(48)51-42(39-50-44(47)36-31-27-22-21-25-29-34-41(5)8-3)38-49-43(46)35-30-26-20-18-16-14-12-11-13-15-17-19-24-28-33-40(4)7-2/h40-42H,6-39H2,1-5H3/t40?,41?,42-/m1/s1. The van der Waals surface area contributed by atoms with Gasteiger partial charge in [0.25, 0.3) is 0 Å². The van der Waals surface area contributed by atoms with Gasteiger partial charge < -0.3 is 14.2 Å². The molecule has 0 fully saturated rings. The molecule has 0 N–H and O–H groups in total. The number of carbonyl (C=O) groups is 3. The quantitative estimate of drug-likeness (QED) is 0.0357. The SMILES string of the molecule is CCCCCCCC(=O)O[C@H](COC(=O)CCCCCCCCCCCCCCCCC(C)CC)COC(=O)CCCCCCCCC(C)CC. The molecule has 0 radical (unpaired) electrons. The van der Waals surface area contributed by atoms with Crippen LogP contribution in [0.4, 0.5) is 0 Å². The van der Waals surface area contributed by atoms with Gasteiger partial charge in [0.1, 0.15) is 13.2 Å². The lowest BCUT2D eigenvalue weighted by Gasteiger charge is -2.18. The first-order valence-corrected chi connectivity index (χ1v) is 22.3. The van der Waals surface area contributed by atoms with Gasteiger partial charge in [-0.2, -0.15) is 0 Å². The van der Waals surface area contributed by atoms with Crippen molar-refractivity contribution in [2.75, 3.05) is 13.2 Å². The number of hydrogen-bond acceptors (Lipinski definition) is 6. The van der Waals surface area contributed by atoms with Crippen LogP contribution < -0.4 is 0 Å². The summed E-state index contributed by atoms with van der Waals surface area (Å²) in [6.07, 6.45) is 35.5. The Morgan fingerprint density at radius 1 is 0.392 bits per heavy atom. The molecule has 302 valence electrons. The summed E-state index contributed by atoms with van der Waals surface area (Å²) in [7, 11) is 0. The molecule has 0 heterocycles. The molecule has 0 aliphatic carbocycles. The van der Waals surface area contributed by atoms with E-state index in [1.807, 2.05) is 0 Å². The summed E-state index contributed by atoms with van der Waals surface area (Å²) in [6, 6.07) is 0. The topological polar surface area (TPSA) is 78.9 Å². The summed E-state index contributed by atoms with van der Waals surface area (Å²) in [5.74, 6) is 0.834. The van der Waals surface area contributed by atoms with Gasteiger partial charge in [-0.1, -0.05) is 202 Å². The number of carbonyl (C=O) groups excluding carboxylic acids is 3. The van der Waals surface area contributed by atoms with E-state index in [9.17, 15) is 14.4 Å². The number of rotatable bonds is 39. The number of ether oxygens (including phenoxy) is 3. The smallest absolute Gasteiger partial charge is 0.306 e. The van der Waals surface area contributed by atoms with Gasteiger partial charge in [-0.15, -0.1) is 0 Å². The van der Waals surface area contributed by atoms with Crippen LogP contribution in [-0.2, 0) is 28.6 Å². The molecule has 0 aliphatic rings. The minimum Gasteiger partial charge on any atom is -0.462 e. The number of hydrogen-bond donors (Lipinski definition) is 0. The van der Waals surface area contributed by atoms with Crippen molar-refractivity contribution in [1.82, 2.24) is 0 Å². The van der Waals surface area contributed by atoms with Crippen LogP contribution in [0.3, 0.4) is 0 Å². The molecule has 0 saturated carbocycles. The molecule has 0 aromatic rings. The Labute approximate surface area is 317 Å². The maximum absolute atomic E-state index is 12.5. The van der Waals surface area contributed by atoms with Crippen LogP contribution in [0.25, 0.3) is 0 Å². The molecule has 0 spiro atoms. The molecule has 0 aliphatic heterocycles. The molecule has 2 unspecified atom stereocenters. The van der Waals surface area contributed by atoms with Gasteiger partial charge in [-0.3, -0.25) is 14.4 Å². The lowest BCUT2D eigenvalue weighted by molar-refractivity contribution is -0.167. The Kier molecular flexibility index (Phi) is 37.0. The molecule has 3 atom stereocenters. The van der Waals surface area contributed by atoms with Crippen molar-refractivity contribution in [3.05, 3.63) is 0 Å². The van der Waals surface area contributed by atoms with Gasteiger partial charge in [-0.05, 0) is 31.1 Å². The normalized spacial score (nSPS) is 13.1. The minimum absolute atomic E-state index is 0.0669. The van der Waals surface area contributed by atoms with E-state index in [1.54, 1.807) is 0 Å². The lowest BCUT2D eigenvalue weighted by atomic mass is 9.99. The molecule has 0 aromatic heterocycles. The highest BCUT2D eigenvalue weighted by Crippen LogP contribution is 2.17. The first kappa shape index (κ1) is 49.4. The van der Waals surface area contributed by atoms with E-state index in [1.165, 1.54) is 122 Å². The summed E-state index contributed by atoms with van der Waals surface area (Å²) in [6.45, 7) is 11.3. The first-order chi connectivity index (χ1) is 24.8. The average Bonchev–Trinajstić information content (AvgIpc) is 3.13. The largest absolute Gasteiger partial charge is 0.462 e. The third kappa shape index (κ3) is 36.6. The van der Waals surface area contributed by atoms with E-state index in [0.717, 1.165) is 76.0 Å². The monoisotopic (exact) mass is 723 g/mol. The molecule has 0 bridgehead atoms. The van der Waals surface area contributed by atoms with Crippen LogP contribution in [0, 0.1) is 11.8 Å². The first-order valence-electron chi connectivity index (χ1n) is 22.3. The molecule has 0 saturated heterocycles. The minimum atomic E-state index is -0.758. The molecule has 0 aromatic carbocycles. The third-order valence-electron chi connectivity index (χ3n) is 10.7. The average molecular weight is 723 g/mol. The predicted molar refractivity (Wildman–Crippen MR) is 215 cm³/mol. The zero-order valence-electron chi connectivity index (χ0n) is 34.7. The second-order valence-corrected chi connectivity index (χ2v) is 15.8. The molecule has 51 heavy (non-hydrogen) atoms. The van der Waals surface area contributed by atoms with Crippen molar-refractivity contribution in [2.45, 2.75) is 246 Å². The zero-order valence-corrected chi connectivity index (χ0v) is 34.7. The second-order valence-electron chi connectivity index (χ2n) is 15.8. The summed E-state index contributed by atoms with van der Waals surface area (Å²) in [4.78, 5) is 37.4. The van der Waals surface area contributed by atoms with Gasteiger partial charge in [-0.25, -0.2) is 0 Å². The Bertz CT molecular complexity index is 783. The van der Waals surface area contributed by atoms with Crippen molar-refractivity contribution < 1.29 is 28.6 Å². The van der Waals surface area contributed by atoms with E-state index in [-0.39, 0.29) is 31.1 Å². The van der Waals surface area contributed by atoms with E-state index in [0.29, 0.717) is 19.3 Å². The zero-order chi connectivity index (χ0) is 37.6. The molecule has 6 nitrogen and oxygen atoms in total. The van der Waals surface area contributed by atoms with Crippen molar-refractivity contribution >= 4 is 17.9 Å². The van der Waals surface area contributed by atoms with Crippen LogP contribution in [0.1, 0.15) is 240 Å². The summed E-state index contributed by atoms with van der Waals surface area (Å²) in [5.41, 5.74) is 0. The van der Waals surface area contributed by atoms with Crippen molar-refractivity contribution in [2.24, 2.45) is 11.8 Å². The van der Waals surface area contributed by atoms with Gasteiger partial charge in [0, 0.05) is 19.3 Å². The van der Waals surface area contributed by atoms with Gasteiger partial charge in [0.2, 0.25) is 0 Å². The van der Waals surface area contributed by atoms with Crippen LogP contribution in [0.5, 0.6) is 0 Å². The predicted octanol–water partition coefficient (Wildman–Crippen LogP) is 13.8. The Morgan fingerprint density at radius 3 is 1.02 bits per heavy atom. The van der Waals surface area contributed by atoms with E-state index in [2.05, 4.69) is 34.6 Å². The van der Waals surface area contributed by atoms with Gasteiger partial charge in [0.15, 0.2) is 6.10 Å². The lowest BCUT2D eigenvalue weighted by Crippen LogP contribution is -2.30. The Hall–Kier alpha value is -1.59. The van der Waals surface area contributed by atoms with Crippen molar-refractivity contribution in [1.29, 1.82) is 0 Å². The molecular weight excluding hydrogens is 636 g/mol. The highest BCUT2D eigenvalue weighted by Gasteiger charge is 2.19. The molecule has 0 rings (SSSR count). The maximum atomic E-state index is 12.5. The summed E-state index contributed by atoms with van der Waals surface area (Å²) < 4.78 is 16.6. The molecule has 6 heteroatoms. The summed E-state index contributed by atoms with van der Waals surface area (Å²) in [5, 5.41) is 0. The van der Waals surface area contributed by atoms with Gasteiger partial charge in [0.05, 0.1) is 0 Å². The van der Waals surface area contributed by atoms with Crippen LogP contribution >= 0.6 is 0 Å². The number of unbranched alkanes of at least 4 members (excludes halogenated alkanes) is 22.